The number of aryl methyl sites for hydroxylation is 1. The summed E-state index contributed by atoms with van der Waals surface area (Å²) in [6.07, 6.45) is 3.46. The van der Waals surface area contributed by atoms with E-state index >= 15 is 0 Å². The summed E-state index contributed by atoms with van der Waals surface area (Å²) < 4.78 is 11.0. The molecule has 0 bridgehead atoms. The Morgan fingerprint density at radius 3 is 2.38 bits per heavy atom. The van der Waals surface area contributed by atoms with Crippen LogP contribution in [0, 0.1) is 11.3 Å². The van der Waals surface area contributed by atoms with Crippen molar-refractivity contribution in [3.05, 3.63) is 53.6 Å². The average molecular weight is 281 g/mol. The van der Waals surface area contributed by atoms with E-state index in [0.717, 1.165) is 12.2 Å². The molecule has 0 saturated heterocycles. The van der Waals surface area contributed by atoms with Crippen molar-refractivity contribution in [1.82, 2.24) is 0 Å². The Bertz CT molecular complexity index is 627. The van der Waals surface area contributed by atoms with Gasteiger partial charge in [0.25, 0.3) is 0 Å². The summed E-state index contributed by atoms with van der Waals surface area (Å²) in [6.45, 7) is 2.18. The van der Waals surface area contributed by atoms with E-state index in [4.69, 9.17) is 14.7 Å². The first-order chi connectivity index (χ1) is 10.3. The van der Waals surface area contributed by atoms with Gasteiger partial charge in [-0.15, -0.1) is 0 Å². The van der Waals surface area contributed by atoms with E-state index in [1.807, 2.05) is 12.1 Å². The fourth-order valence-electron chi connectivity index (χ4n) is 2.04. The maximum absolute atomic E-state index is 9.13. The molecule has 0 unspecified atom stereocenters. The van der Waals surface area contributed by atoms with Gasteiger partial charge < -0.3 is 9.47 Å². The van der Waals surface area contributed by atoms with Crippen LogP contribution >= 0.6 is 0 Å². The van der Waals surface area contributed by atoms with Gasteiger partial charge in [0.1, 0.15) is 23.3 Å². The third-order valence-electron chi connectivity index (χ3n) is 3.28. The first-order valence-corrected chi connectivity index (χ1v) is 7.11. The van der Waals surface area contributed by atoms with Crippen molar-refractivity contribution in [2.24, 2.45) is 0 Å². The van der Waals surface area contributed by atoms with Gasteiger partial charge in [-0.1, -0.05) is 25.5 Å². The fourth-order valence-corrected chi connectivity index (χ4v) is 2.04. The van der Waals surface area contributed by atoms with Crippen LogP contribution in [0.4, 0.5) is 0 Å². The number of nitriles is 1. The molecule has 0 heterocycles. The second-order valence-corrected chi connectivity index (χ2v) is 4.82. The smallest absolute Gasteiger partial charge is 0.148 e. The minimum absolute atomic E-state index is 0.492. The van der Waals surface area contributed by atoms with Gasteiger partial charge in [-0.2, -0.15) is 5.26 Å². The van der Waals surface area contributed by atoms with Crippen molar-refractivity contribution in [3.63, 3.8) is 0 Å². The molecule has 0 spiro atoms. The summed E-state index contributed by atoms with van der Waals surface area (Å²) in [7, 11) is 1.59. The van der Waals surface area contributed by atoms with Gasteiger partial charge in [0.15, 0.2) is 0 Å². The Morgan fingerprint density at radius 1 is 1.05 bits per heavy atom. The van der Waals surface area contributed by atoms with Gasteiger partial charge in [-0.25, -0.2) is 0 Å². The number of unbranched alkanes of at least 4 members (excludes halogenated alkanes) is 1. The van der Waals surface area contributed by atoms with E-state index in [2.05, 4.69) is 25.1 Å². The lowest BCUT2D eigenvalue weighted by molar-refractivity contribution is 0.409. The molecule has 108 valence electrons. The lowest BCUT2D eigenvalue weighted by Crippen LogP contribution is -1.91. The lowest BCUT2D eigenvalue weighted by Gasteiger charge is -2.09. The van der Waals surface area contributed by atoms with Crippen LogP contribution in [0.15, 0.2) is 42.5 Å². The van der Waals surface area contributed by atoms with Gasteiger partial charge in [-0.3, -0.25) is 0 Å². The van der Waals surface area contributed by atoms with Crippen LogP contribution < -0.4 is 9.47 Å². The van der Waals surface area contributed by atoms with Gasteiger partial charge in [0, 0.05) is 6.07 Å². The number of benzene rings is 2. The van der Waals surface area contributed by atoms with Crippen LogP contribution in [-0.2, 0) is 6.42 Å². The molecule has 0 N–H and O–H groups in total. The third-order valence-corrected chi connectivity index (χ3v) is 3.28. The summed E-state index contributed by atoms with van der Waals surface area (Å²) in [6, 6.07) is 15.3. The maximum Gasteiger partial charge on any atom is 0.148 e. The van der Waals surface area contributed by atoms with E-state index in [0.29, 0.717) is 17.1 Å². The molecule has 0 aliphatic carbocycles. The second kappa shape index (κ2) is 7.35. The van der Waals surface area contributed by atoms with E-state index in [1.54, 1.807) is 25.3 Å². The normalized spacial score (nSPS) is 9.95. The molecule has 0 saturated carbocycles. The van der Waals surface area contributed by atoms with Crippen molar-refractivity contribution >= 4 is 0 Å². The highest BCUT2D eigenvalue weighted by Crippen LogP contribution is 2.29. The predicted octanol–water partition coefficient (Wildman–Crippen LogP) is 4.70. The molecule has 0 radical (unpaired) electrons. The number of methoxy groups -OCH3 is 1. The first-order valence-electron chi connectivity index (χ1n) is 7.11. The van der Waals surface area contributed by atoms with Gasteiger partial charge in [-0.05, 0) is 42.7 Å². The molecule has 2 rings (SSSR count). The topological polar surface area (TPSA) is 42.2 Å². The molecule has 3 nitrogen and oxygen atoms in total. The minimum Gasteiger partial charge on any atom is -0.497 e. The van der Waals surface area contributed by atoms with Crippen LogP contribution in [0.3, 0.4) is 0 Å². The Hall–Kier alpha value is -2.47. The molecule has 0 fully saturated rings. The molecule has 2 aromatic rings. The quantitative estimate of drug-likeness (QED) is 0.770. The SMILES string of the molecule is CCCCc1ccc(Oc2cc(OC)ccc2C#N)cc1. The standard InChI is InChI=1S/C18H19NO2/c1-3-4-5-14-6-9-16(10-7-14)21-18-12-17(20-2)11-8-15(18)13-19/h6-12H,3-5H2,1-2H3. The Kier molecular flexibility index (Phi) is 5.22. The van der Waals surface area contributed by atoms with Crippen LogP contribution in [0.25, 0.3) is 0 Å². The molecule has 0 aromatic heterocycles. The Labute approximate surface area is 125 Å². The molecule has 0 atom stereocenters. The van der Waals surface area contributed by atoms with Crippen molar-refractivity contribution < 1.29 is 9.47 Å². The van der Waals surface area contributed by atoms with Gasteiger partial charge >= 0.3 is 0 Å². The lowest BCUT2D eigenvalue weighted by atomic mass is 10.1. The molecular formula is C18H19NO2. The van der Waals surface area contributed by atoms with Crippen molar-refractivity contribution in [1.29, 1.82) is 5.26 Å². The average Bonchev–Trinajstić information content (AvgIpc) is 2.54. The molecule has 0 aliphatic heterocycles. The molecule has 21 heavy (non-hydrogen) atoms. The highest BCUT2D eigenvalue weighted by atomic mass is 16.5. The van der Waals surface area contributed by atoms with Gasteiger partial charge in [0.2, 0.25) is 0 Å². The summed E-state index contributed by atoms with van der Waals surface area (Å²) in [5, 5.41) is 9.13. The zero-order valence-corrected chi connectivity index (χ0v) is 12.4. The Morgan fingerprint density at radius 2 is 1.76 bits per heavy atom. The van der Waals surface area contributed by atoms with Crippen LogP contribution in [0.2, 0.25) is 0 Å². The maximum atomic E-state index is 9.13. The third kappa shape index (κ3) is 4.00. The highest BCUT2D eigenvalue weighted by Gasteiger charge is 2.07. The summed E-state index contributed by atoms with van der Waals surface area (Å²) >= 11 is 0. The molecule has 0 aliphatic rings. The van der Waals surface area contributed by atoms with Crippen LogP contribution in [0.1, 0.15) is 30.9 Å². The number of nitrogens with zero attached hydrogens (tertiary/aromatic N) is 1. The molecule has 2 aromatic carbocycles. The van der Waals surface area contributed by atoms with Crippen LogP contribution in [0.5, 0.6) is 17.2 Å². The summed E-state index contributed by atoms with van der Waals surface area (Å²) in [5.41, 5.74) is 1.79. The molecule has 3 heteroatoms. The van der Waals surface area contributed by atoms with E-state index in [-0.39, 0.29) is 0 Å². The van der Waals surface area contributed by atoms with E-state index in [1.165, 1.54) is 18.4 Å². The zero-order valence-electron chi connectivity index (χ0n) is 12.4. The summed E-state index contributed by atoms with van der Waals surface area (Å²) in [4.78, 5) is 0. The zero-order chi connectivity index (χ0) is 15.1. The van der Waals surface area contributed by atoms with E-state index in [9.17, 15) is 0 Å². The number of ether oxygens (including phenoxy) is 2. The monoisotopic (exact) mass is 281 g/mol. The van der Waals surface area contributed by atoms with Crippen LogP contribution in [-0.4, -0.2) is 7.11 Å². The van der Waals surface area contributed by atoms with Crippen molar-refractivity contribution in [2.75, 3.05) is 7.11 Å². The second-order valence-electron chi connectivity index (χ2n) is 4.82. The predicted molar refractivity (Wildman–Crippen MR) is 82.8 cm³/mol. The van der Waals surface area contributed by atoms with Gasteiger partial charge in [0.05, 0.1) is 12.7 Å². The minimum atomic E-state index is 0.492. The first kappa shape index (κ1) is 14.9. The number of hydrogen-bond donors (Lipinski definition) is 0. The van der Waals surface area contributed by atoms with E-state index < -0.39 is 0 Å². The largest absolute Gasteiger partial charge is 0.497 e. The van der Waals surface area contributed by atoms with Crippen molar-refractivity contribution in [2.45, 2.75) is 26.2 Å². The Balaban J connectivity index is 2.16. The fraction of sp³-hybridized carbons (Fsp3) is 0.278. The molecular weight excluding hydrogens is 262 g/mol. The molecule has 0 amide bonds. The summed E-state index contributed by atoms with van der Waals surface area (Å²) in [5.74, 6) is 1.90. The van der Waals surface area contributed by atoms with Crippen molar-refractivity contribution in [3.8, 4) is 23.3 Å². The number of hydrogen-bond acceptors (Lipinski definition) is 3. The number of rotatable bonds is 6. The highest BCUT2D eigenvalue weighted by molar-refractivity contribution is 5.49.